The maximum absolute atomic E-state index is 12.8. The summed E-state index contributed by atoms with van der Waals surface area (Å²) in [5, 5.41) is 7.19. The summed E-state index contributed by atoms with van der Waals surface area (Å²) >= 11 is 1.48. The topological polar surface area (TPSA) is 67.2 Å². The average molecular weight is 378 g/mol. The SMILES string of the molecule is CN(Cc1cnn(-c2ccccc2)c1)C(=O)c1ccc2c(c1)NC(=O)CS2. The molecule has 7 heteroatoms. The number of thioether (sulfide) groups is 1. The lowest BCUT2D eigenvalue weighted by atomic mass is 10.1. The van der Waals surface area contributed by atoms with Gasteiger partial charge in [-0.2, -0.15) is 5.10 Å². The Morgan fingerprint density at radius 2 is 2.07 bits per heavy atom. The molecule has 0 atom stereocenters. The third-order valence-corrected chi connectivity index (χ3v) is 5.36. The quantitative estimate of drug-likeness (QED) is 0.757. The number of carbonyl (C=O) groups excluding carboxylic acids is 2. The van der Waals surface area contributed by atoms with Crippen LogP contribution in [0.15, 0.2) is 65.8 Å². The van der Waals surface area contributed by atoms with Crippen molar-refractivity contribution in [3.05, 3.63) is 72.1 Å². The molecule has 0 bridgehead atoms. The van der Waals surface area contributed by atoms with Gasteiger partial charge in [0.25, 0.3) is 5.91 Å². The van der Waals surface area contributed by atoms with Gasteiger partial charge in [-0.3, -0.25) is 9.59 Å². The standard InChI is InChI=1S/C20H18N4O2S/c1-23(11-14-10-21-24(12-14)16-5-3-2-4-6-16)20(26)15-7-8-18-17(9-15)22-19(25)13-27-18/h2-10,12H,11,13H2,1H3,(H,22,25). The van der Waals surface area contributed by atoms with E-state index in [1.54, 1.807) is 35.0 Å². The number of rotatable bonds is 4. The maximum Gasteiger partial charge on any atom is 0.253 e. The second-order valence-corrected chi connectivity index (χ2v) is 7.35. The third-order valence-electron chi connectivity index (χ3n) is 4.28. The molecule has 0 saturated heterocycles. The molecule has 6 nitrogen and oxygen atoms in total. The molecule has 1 aliphatic rings. The number of carbonyl (C=O) groups is 2. The van der Waals surface area contributed by atoms with E-state index in [1.807, 2.05) is 42.6 Å². The van der Waals surface area contributed by atoms with E-state index < -0.39 is 0 Å². The van der Waals surface area contributed by atoms with E-state index in [1.165, 1.54) is 11.8 Å². The van der Waals surface area contributed by atoms with Crippen LogP contribution in [0.3, 0.4) is 0 Å². The minimum atomic E-state index is -0.102. The number of hydrogen-bond donors (Lipinski definition) is 1. The second kappa shape index (κ2) is 7.28. The van der Waals surface area contributed by atoms with Crippen LogP contribution in [0.5, 0.6) is 0 Å². The fourth-order valence-corrected chi connectivity index (χ4v) is 3.73. The van der Waals surface area contributed by atoms with Crippen LogP contribution < -0.4 is 5.32 Å². The molecule has 4 rings (SSSR count). The predicted molar refractivity (Wildman–Crippen MR) is 105 cm³/mol. The van der Waals surface area contributed by atoms with Crippen LogP contribution in [0.1, 0.15) is 15.9 Å². The van der Waals surface area contributed by atoms with E-state index in [2.05, 4.69) is 10.4 Å². The highest BCUT2D eigenvalue weighted by Gasteiger charge is 2.19. The Bertz CT molecular complexity index is 1000. The number of anilines is 1. The maximum atomic E-state index is 12.8. The molecule has 2 heterocycles. The summed E-state index contributed by atoms with van der Waals surface area (Å²) in [6.45, 7) is 0.448. The van der Waals surface area contributed by atoms with Crippen molar-refractivity contribution < 1.29 is 9.59 Å². The molecule has 3 aromatic rings. The number of para-hydroxylation sites is 1. The Morgan fingerprint density at radius 1 is 1.26 bits per heavy atom. The van der Waals surface area contributed by atoms with E-state index in [9.17, 15) is 9.59 Å². The monoisotopic (exact) mass is 378 g/mol. The molecule has 2 amide bonds. The molecule has 1 aliphatic heterocycles. The lowest BCUT2D eigenvalue weighted by Gasteiger charge is -2.20. The van der Waals surface area contributed by atoms with Crippen LogP contribution in [-0.2, 0) is 11.3 Å². The first-order chi connectivity index (χ1) is 13.1. The van der Waals surface area contributed by atoms with Gasteiger partial charge in [-0.15, -0.1) is 11.8 Å². The van der Waals surface area contributed by atoms with Gasteiger partial charge in [-0.05, 0) is 30.3 Å². The average Bonchev–Trinajstić information content (AvgIpc) is 3.16. The van der Waals surface area contributed by atoms with Gasteiger partial charge in [0.2, 0.25) is 5.91 Å². The highest BCUT2D eigenvalue weighted by molar-refractivity contribution is 8.00. The largest absolute Gasteiger partial charge is 0.337 e. The van der Waals surface area contributed by atoms with Gasteiger partial charge in [-0.25, -0.2) is 4.68 Å². The minimum absolute atomic E-state index is 0.0428. The third kappa shape index (κ3) is 3.73. The molecule has 0 unspecified atom stereocenters. The Kier molecular flexibility index (Phi) is 4.68. The molecular weight excluding hydrogens is 360 g/mol. The fourth-order valence-electron chi connectivity index (χ4n) is 2.95. The van der Waals surface area contributed by atoms with Crippen molar-refractivity contribution in [2.24, 2.45) is 0 Å². The van der Waals surface area contributed by atoms with Crippen molar-refractivity contribution in [3.8, 4) is 5.69 Å². The van der Waals surface area contributed by atoms with Crippen molar-refractivity contribution in [2.45, 2.75) is 11.4 Å². The summed E-state index contributed by atoms with van der Waals surface area (Å²) in [6, 6.07) is 15.3. The van der Waals surface area contributed by atoms with Gasteiger partial charge < -0.3 is 10.2 Å². The van der Waals surface area contributed by atoms with Gasteiger partial charge in [0.15, 0.2) is 0 Å². The van der Waals surface area contributed by atoms with Crippen molar-refractivity contribution in [1.82, 2.24) is 14.7 Å². The normalized spacial score (nSPS) is 13.0. The minimum Gasteiger partial charge on any atom is -0.337 e. The van der Waals surface area contributed by atoms with Crippen LogP contribution in [0, 0.1) is 0 Å². The number of aromatic nitrogens is 2. The van der Waals surface area contributed by atoms with Crippen LogP contribution in [0.2, 0.25) is 0 Å². The molecule has 2 aromatic carbocycles. The Balaban J connectivity index is 1.48. The zero-order valence-corrected chi connectivity index (χ0v) is 15.6. The molecule has 0 fully saturated rings. The number of fused-ring (bicyclic) bond motifs is 1. The van der Waals surface area contributed by atoms with Crippen molar-refractivity contribution >= 4 is 29.3 Å². The zero-order valence-electron chi connectivity index (χ0n) is 14.8. The summed E-state index contributed by atoms with van der Waals surface area (Å²) in [4.78, 5) is 27.0. The van der Waals surface area contributed by atoms with Gasteiger partial charge in [-0.1, -0.05) is 18.2 Å². The number of nitrogens with zero attached hydrogens (tertiary/aromatic N) is 3. The molecule has 0 radical (unpaired) electrons. The van der Waals surface area contributed by atoms with E-state index in [0.29, 0.717) is 23.5 Å². The smallest absolute Gasteiger partial charge is 0.253 e. The molecule has 1 aromatic heterocycles. The van der Waals surface area contributed by atoms with E-state index in [4.69, 9.17) is 0 Å². The Morgan fingerprint density at radius 3 is 2.89 bits per heavy atom. The van der Waals surface area contributed by atoms with E-state index >= 15 is 0 Å². The Hall–Kier alpha value is -3.06. The van der Waals surface area contributed by atoms with Crippen LogP contribution >= 0.6 is 11.8 Å². The van der Waals surface area contributed by atoms with Gasteiger partial charge in [0, 0.05) is 35.8 Å². The lowest BCUT2D eigenvalue weighted by molar-refractivity contribution is -0.113. The van der Waals surface area contributed by atoms with E-state index in [0.717, 1.165) is 16.1 Å². The van der Waals surface area contributed by atoms with Crippen LogP contribution in [0.25, 0.3) is 5.69 Å². The summed E-state index contributed by atoms with van der Waals surface area (Å²) in [7, 11) is 1.76. The van der Waals surface area contributed by atoms with Crippen LogP contribution in [0.4, 0.5) is 5.69 Å². The molecule has 27 heavy (non-hydrogen) atoms. The highest BCUT2D eigenvalue weighted by Crippen LogP contribution is 2.32. The molecule has 0 saturated carbocycles. The lowest BCUT2D eigenvalue weighted by Crippen LogP contribution is -2.26. The first kappa shape index (κ1) is 17.4. The molecule has 0 aliphatic carbocycles. The molecule has 1 N–H and O–H groups in total. The second-order valence-electron chi connectivity index (χ2n) is 6.34. The number of hydrogen-bond acceptors (Lipinski definition) is 4. The zero-order chi connectivity index (χ0) is 18.8. The van der Waals surface area contributed by atoms with Crippen LogP contribution in [-0.4, -0.2) is 39.3 Å². The summed E-state index contributed by atoms with van der Waals surface area (Å²) in [5.41, 5.74) is 3.17. The van der Waals surface area contributed by atoms with Crippen molar-refractivity contribution in [3.63, 3.8) is 0 Å². The van der Waals surface area contributed by atoms with Crippen molar-refractivity contribution in [2.75, 3.05) is 18.1 Å². The first-order valence-corrected chi connectivity index (χ1v) is 9.50. The van der Waals surface area contributed by atoms with Gasteiger partial charge >= 0.3 is 0 Å². The van der Waals surface area contributed by atoms with Crippen molar-refractivity contribution in [1.29, 1.82) is 0 Å². The predicted octanol–water partition coefficient (Wildman–Crippen LogP) is 3.19. The number of benzene rings is 2. The molecular formula is C20H18N4O2S. The van der Waals surface area contributed by atoms with E-state index in [-0.39, 0.29) is 11.8 Å². The molecule has 0 spiro atoms. The fraction of sp³-hybridized carbons (Fsp3) is 0.150. The Labute approximate surface area is 161 Å². The van der Waals surface area contributed by atoms with Gasteiger partial charge in [0.1, 0.15) is 0 Å². The summed E-state index contributed by atoms with van der Waals surface area (Å²) in [5.74, 6) is 0.264. The first-order valence-electron chi connectivity index (χ1n) is 8.51. The summed E-state index contributed by atoms with van der Waals surface area (Å²) in [6.07, 6.45) is 3.68. The number of amides is 2. The molecule has 136 valence electrons. The summed E-state index contributed by atoms with van der Waals surface area (Å²) < 4.78 is 1.79. The number of nitrogens with one attached hydrogen (secondary N) is 1. The van der Waals surface area contributed by atoms with Gasteiger partial charge in [0.05, 0.1) is 23.3 Å². The highest BCUT2D eigenvalue weighted by atomic mass is 32.2.